The summed E-state index contributed by atoms with van der Waals surface area (Å²) in [6.45, 7) is 8.95. The summed E-state index contributed by atoms with van der Waals surface area (Å²) in [5.74, 6) is 1.96. The van der Waals surface area contributed by atoms with Gasteiger partial charge >= 0.3 is 0 Å². The van der Waals surface area contributed by atoms with Crippen LogP contribution in [0.4, 0.5) is 0 Å². The summed E-state index contributed by atoms with van der Waals surface area (Å²) in [4.78, 5) is 21.3. The van der Waals surface area contributed by atoms with E-state index in [9.17, 15) is 4.79 Å². The maximum absolute atomic E-state index is 12.6. The predicted octanol–water partition coefficient (Wildman–Crippen LogP) is 3.64. The molecule has 7 nitrogen and oxygen atoms in total. The molecule has 1 atom stereocenters. The zero-order valence-electron chi connectivity index (χ0n) is 18.2. The molecule has 1 aliphatic rings. The minimum Gasteiger partial charge on any atom is -0.484 e. The van der Waals surface area contributed by atoms with E-state index in [-0.39, 0.29) is 18.6 Å². The molecule has 0 radical (unpaired) electrons. The first kappa shape index (κ1) is 21.1. The van der Waals surface area contributed by atoms with Crippen LogP contribution in [0.3, 0.4) is 0 Å². The second-order valence-electron chi connectivity index (χ2n) is 7.97. The molecule has 0 spiro atoms. The lowest BCUT2D eigenvalue weighted by Gasteiger charge is -2.36. The van der Waals surface area contributed by atoms with Gasteiger partial charge in [-0.15, -0.1) is 0 Å². The van der Waals surface area contributed by atoms with Crippen LogP contribution in [-0.2, 0) is 4.79 Å². The summed E-state index contributed by atoms with van der Waals surface area (Å²) in [6, 6.07) is 15.8. The van der Waals surface area contributed by atoms with Crippen molar-refractivity contribution in [2.24, 2.45) is 0 Å². The highest BCUT2D eigenvalue weighted by Crippen LogP contribution is 2.24. The van der Waals surface area contributed by atoms with Gasteiger partial charge in [-0.25, -0.2) is 0 Å². The van der Waals surface area contributed by atoms with Crippen LogP contribution in [0.25, 0.3) is 11.4 Å². The van der Waals surface area contributed by atoms with Crippen LogP contribution in [0, 0.1) is 13.8 Å². The highest BCUT2D eigenvalue weighted by Gasteiger charge is 2.28. The average molecular weight is 421 g/mol. The fourth-order valence-electron chi connectivity index (χ4n) is 3.69. The van der Waals surface area contributed by atoms with Gasteiger partial charge in [-0.1, -0.05) is 53.2 Å². The van der Waals surface area contributed by atoms with Gasteiger partial charge in [-0.05, 0) is 32.4 Å². The molecule has 0 aliphatic carbocycles. The van der Waals surface area contributed by atoms with Gasteiger partial charge in [0.25, 0.3) is 5.91 Å². The number of piperazine rings is 1. The molecule has 3 aromatic rings. The van der Waals surface area contributed by atoms with Gasteiger partial charge in [0, 0.05) is 31.7 Å². The van der Waals surface area contributed by atoms with Crippen molar-refractivity contribution in [2.75, 3.05) is 32.8 Å². The van der Waals surface area contributed by atoms with E-state index in [1.54, 1.807) is 0 Å². The third-order valence-electron chi connectivity index (χ3n) is 5.77. The van der Waals surface area contributed by atoms with Crippen molar-refractivity contribution in [3.05, 3.63) is 65.5 Å². The Labute approximate surface area is 182 Å². The Morgan fingerprint density at radius 2 is 1.77 bits per heavy atom. The Morgan fingerprint density at radius 1 is 1.06 bits per heavy atom. The van der Waals surface area contributed by atoms with Crippen molar-refractivity contribution in [1.82, 2.24) is 19.9 Å². The molecule has 0 saturated carbocycles. The normalized spacial score (nSPS) is 15.6. The molecule has 1 amide bonds. The molecular formula is C24H28N4O3. The Bertz CT molecular complexity index is 1020. The highest BCUT2D eigenvalue weighted by atomic mass is 16.5. The molecule has 4 rings (SSSR count). The Hall–Kier alpha value is -3.19. The average Bonchev–Trinajstić information content (AvgIpc) is 3.29. The van der Waals surface area contributed by atoms with Crippen LogP contribution in [0.2, 0.25) is 0 Å². The molecule has 0 N–H and O–H groups in total. The number of carbonyl (C=O) groups excluding carboxylic acids is 1. The Balaban J connectivity index is 1.30. The quantitative estimate of drug-likeness (QED) is 0.606. The van der Waals surface area contributed by atoms with E-state index in [2.05, 4.69) is 22.0 Å². The topological polar surface area (TPSA) is 71.7 Å². The van der Waals surface area contributed by atoms with Gasteiger partial charge in [0.2, 0.25) is 11.7 Å². The number of benzene rings is 2. The summed E-state index contributed by atoms with van der Waals surface area (Å²) in [6.07, 6.45) is 0. The second-order valence-corrected chi connectivity index (χ2v) is 7.97. The molecule has 162 valence electrons. The molecule has 1 aromatic heterocycles. The van der Waals surface area contributed by atoms with Gasteiger partial charge < -0.3 is 14.2 Å². The molecule has 1 fully saturated rings. The van der Waals surface area contributed by atoms with E-state index in [1.807, 2.05) is 67.3 Å². The number of hydrogen-bond donors (Lipinski definition) is 0. The van der Waals surface area contributed by atoms with E-state index in [0.717, 1.165) is 30.0 Å². The SMILES string of the molecule is Cc1ccc(-c2noc(C(C)N3CCN(C(=O)COc4ccccc4C)CC3)n2)cc1. The smallest absolute Gasteiger partial charge is 0.260 e. The number of para-hydroxylation sites is 1. The molecule has 31 heavy (non-hydrogen) atoms. The van der Waals surface area contributed by atoms with E-state index in [4.69, 9.17) is 9.26 Å². The molecule has 1 unspecified atom stereocenters. The molecule has 7 heteroatoms. The van der Waals surface area contributed by atoms with Crippen molar-refractivity contribution < 1.29 is 14.1 Å². The Morgan fingerprint density at radius 3 is 2.48 bits per heavy atom. The first-order valence-electron chi connectivity index (χ1n) is 10.6. The highest BCUT2D eigenvalue weighted by molar-refractivity contribution is 5.78. The van der Waals surface area contributed by atoms with E-state index >= 15 is 0 Å². The van der Waals surface area contributed by atoms with E-state index in [1.165, 1.54) is 5.56 Å². The van der Waals surface area contributed by atoms with Crippen LogP contribution in [0.1, 0.15) is 30.0 Å². The number of aromatic nitrogens is 2. The molecule has 2 aromatic carbocycles. The van der Waals surface area contributed by atoms with Crippen LogP contribution in [-0.4, -0.2) is 58.6 Å². The minimum atomic E-state index is -0.00725. The molecule has 1 saturated heterocycles. The summed E-state index contributed by atoms with van der Waals surface area (Å²) in [5.41, 5.74) is 3.16. The fraction of sp³-hybridized carbons (Fsp3) is 0.375. The number of ether oxygens (including phenoxy) is 1. The van der Waals surface area contributed by atoms with Crippen LogP contribution < -0.4 is 4.74 Å². The maximum Gasteiger partial charge on any atom is 0.260 e. The second kappa shape index (κ2) is 9.31. The van der Waals surface area contributed by atoms with Crippen molar-refractivity contribution in [1.29, 1.82) is 0 Å². The number of rotatable bonds is 6. The van der Waals surface area contributed by atoms with Gasteiger partial charge in [0.05, 0.1) is 6.04 Å². The summed E-state index contributed by atoms with van der Waals surface area (Å²) in [5, 5.41) is 4.14. The van der Waals surface area contributed by atoms with Crippen molar-refractivity contribution in [2.45, 2.75) is 26.8 Å². The molecular weight excluding hydrogens is 392 g/mol. The maximum atomic E-state index is 12.6. The third kappa shape index (κ3) is 4.94. The number of amides is 1. The number of nitrogens with zero attached hydrogens (tertiary/aromatic N) is 4. The number of aryl methyl sites for hydroxylation is 2. The summed E-state index contributed by atoms with van der Waals surface area (Å²) >= 11 is 0. The predicted molar refractivity (Wildman–Crippen MR) is 118 cm³/mol. The lowest BCUT2D eigenvalue weighted by molar-refractivity contribution is -0.135. The number of hydrogen-bond acceptors (Lipinski definition) is 6. The molecule has 1 aliphatic heterocycles. The van der Waals surface area contributed by atoms with Gasteiger partial charge in [-0.3, -0.25) is 9.69 Å². The van der Waals surface area contributed by atoms with E-state index < -0.39 is 0 Å². The molecule has 2 heterocycles. The lowest BCUT2D eigenvalue weighted by atomic mass is 10.1. The standard InChI is InChI=1S/C24H28N4O3/c1-17-8-10-20(11-9-17)23-25-24(31-26-23)19(3)27-12-14-28(15-13-27)22(29)16-30-21-7-5-4-6-18(21)2/h4-11,19H,12-16H2,1-3H3. The first-order chi connectivity index (χ1) is 15.0. The van der Waals surface area contributed by atoms with Gasteiger partial charge in [0.1, 0.15) is 5.75 Å². The Kier molecular flexibility index (Phi) is 6.32. The van der Waals surface area contributed by atoms with Crippen molar-refractivity contribution in [3.8, 4) is 17.1 Å². The largest absolute Gasteiger partial charge is 0.484 e. The van der Waals surface area contributed by atoms with Crippen LogP contribution >= 0.6 is 0 Å². The fourth-order valence-corrected chi connectivity index (χ4v) is 3.69. The van der Waals surface area contributed by atoms with Crippen molar-refractivity contribution >= 4 is 5.91 Å². The van der Waals surface area contributed by atoms with Gasteiger partial charge in [-0.2, -0.15) is 4.98 Å². The monoisotopic (exact) mass is 420 g/mol. The first-order valence-corrected chi connectivity index (χ1v) is 10.6. The lowest BCUT2D eigenvalue weighted by Crippen LogP contribution is -2.50. The summed E-state index contributed by atoms with van der Waals surface area (Å²) < 4.78 is 11.2. The zero-order valence-corrected chi connectivity index (χ0v) is 18.2. The minimum absolute atomic E-state index is 0.00725. The van der Waals surface area contributed by atoms with Crippen LogP contribution in [0.5, 0.6) is 5.75 Å². The third-order valence-corrected chi connectivity index (χ3v) is 5.77. The summed E-state index contributed by atoms with van der Waals surface area (Å²) in [7, 11) is 0. The number of carbonyl (C=O) groups is 1. The van der Waals surface area contributed by atoms with Crippen molar-refractivity contribution in [3.63, 3.8) is 0 Å². The zero-order chi connectivity index (χ0) is 21.8. The van der Waals surface area contributed by atoms with Crippen LogP contribution in [0.15, 0.2) is 53.1 Å². The van der Waals surface area contributed by atoms with Gasteiger partial charge in [0.15, 0.2) is 6.61 Å². The van der Waals surface area contributed by atoms with E-state index in [0.29, 0.717) is 24.8 Å². The molecule has 0 bridgehead atoms.